The average molecular weight is 1520 g/mol. The van der Waals surface area contributed by atoms with Gasteiger partial charge < -0.3 is 118 Å². The highest BCUT2D eigenvalue weighted by molar-refractivity contribution is 6.00. The molecule has 0 aliphatic carbocycles. The lowest BCUT2D eigenvalue weighted by Gasteiger charge is -2.33. The molecule has 107 heavy (non-hydrogen) atoms. The molecule has 0 spiro atoms. The predicted octanol–water partition coefficient (Wildman–Crippen LogP) is -5.63. The van der Waals surface area contributed by atoms with Crippen LogP contribution in [0, 0.1) is 17.2 Å². The molecule has 0 aromatic rings. The van der Waals surface area contributed by atoms with E-state index in [-0.39, 0.29) is 109 Å². The first-order chi connectivity index (χ1) is 50.5. The number of nitrogens with one attached hydrogen (secondary N) is 12. The molecule has 0 unspecified atom stereocenters. The lowest BCUT2D eigenvalue weighted by Crippen LogP contribution is -2.61. The van der Waals surface area contributed by atoms with Crippen LogP contribution in [0.1, 0.15) is 183 Å². The van der Waals surface area contributed by atoms with Gasteiger partial charge in [-0.15, -0.1) is 0 Å². The fraction of sp³-hybridized carbons (Fsp3) is 0.750. The third kappa shape index (κ3) is 30.4. The number of carboxylic acids is 2. The highest BCUT2D eigenvalue weighted by Gasteiger charge is 2.45. The molecule has 26 N–H and O–H groups in total. The number of hydrogen-bond donors (Lipinski definition) is 20. The summed E-state index contributed by atoms with van der Waals surface area (Å²) < 4.78 is 0. The van der Waals surface area contributed by atoms with Crippen molar-refractivity contribution in [1.29, 1.82) is 5.41 Å². The zero-order valence-electron chi connectivity index (χ0n) is 62.8. The molecule has 3 fully saturated rings. The Balaban J connectivity index is 1.83. The van der Waals surface area contributed by atoms with E-state index in [0.717, 1.165) is 0 Å². The van der Waals surface area contributed by atoms with Crippen LogP contribution in [0.2, 0.25) is 0 Å². The number of rotatable bonds is 48. The first-order valence-corrected chi connectivity index (χ1v) is 37.1. The van der Waals surface area contributed by atoms with Crippen LogP contribution in [0.25, 0.3) is 0 Å². The molecule has 0 radical (unpaired) electrons. The molecule has 39 heteroatoms. The van der Waals surface area contributed by atoms with Crippen LogP contribution in [0.15, 0.2) is 0 Å². The van der Waals surface area contributed by atoms with Crippen LogP contribution in [0.4, 0.5) is 0 Å². The van der Waals surface area contributed by atoms with E-state index in [1.165, 1.54) is 35.5 Å². The molecule has 3 heterocycles. The number of nitrogens with zero attached hydrogens (tertiary/aromatic N) is 3. The summed E-state index contributed by atoms with van der Waals surface area (Å²) in [5.41, 5.74) is 34.3. The monoisotopic (exact) mass is 1520 g/mol. The number of primary amides is 1. The maximum absolute atomic E-state index is 14.7. The second-order valence-electron chi connectivity index (χ2n) is 28.2. The van der Waals surface area contributed by atoms with Crippen LogP contribution in [-0.4, -0.2) is 256 Å². The minimum atomic E-state index is -1.53. The Labute approximate surface area is 623 Å². The fourth-order valence-corrected chi connectivity index (χ4v) is 12.6. The fourth-order valence-electron chi connectivity index (χ4n) is 12.6. The number of carboxylic acid groups (broad SMARTS) is 2. The maximum Gasteiger partial charge on any atom is 0.325 e. The van der Waals surface area contributed by atoms with Gasteiger partial charge in [0.1, 0.15) is 78.5 Å². The predicted molar refractivity (Wildman–Crippen MR) is 389 cm³/mol. The van der Waals surface area contributed by atoms with Crippen molar-refractivity contribution in [2.45, 2.75) is 268 Å². The molecule has 604 valence electrons. The van der Waals surface area contributed by atoms with Crippen molar-refractivity contribution in [3.05, 3.63) is 0 Å². The standard InChI is InChI=1S/C68H119N21O18/c1-36(2)52(63(102)78-38(5)54(93)79-40(7)67(106)107)85-59(98)42(19-9-12-30-70)80-58(97)43(21-14-32-76-68(74)75)81-60(99)47-22-15-33-87(47)64(103)45(20-10-13-31-71)83-55(94)39(6)77-57(96)44(25-27-50(73)90)82-61(100)48-23-17-35-89(48)66(105)53(37(3)4)86-62(101)49-24-16-34-88(49)65(104)46(26-28-51(91)92)84-56(95)41(72)18-8-11-29-69/h36-49,52-53H,8-35,69-72H2,1-7H3,(H2,73,90)(H,77,96)(H,78,102)(H,79,93)(H,80,97)(H,81,99)(H,82,100)(H,83,94)(H,84,95)(H,85,98)(H,86,101)(H,91,92)(H,106,107)(H4,74,75,76)/t38-,39-,40-,41-,42-,43-,44-,45-,46-,47-,48-,49-,52-,53-/m0/s1. The molecule has 14 atom stereocenters. The minimum Gasteiger partial charge on any atom is -0.481 e. The van der Waals surface area contributed by atoms with Crippen molar-refractivity contribution in [2.24, 2.45) is 46.2 Å². The highest BCUT2D eigenvalue weighted by atomic mass is 16.4. The van der Waals surface area contributed by atoms with Gasteiger partial charge in [0.25, 0.3) is 0 Å². The third-order valence-corrected chi connectivity index (χ3v) is 18.9. The average Bonchev–Trinajstić information content (AvgIpc) is 1.71. The molecule has 3 aliphatic rings. The van der Waals surface area contributed by atoms with Crippen molar-refractivity contribution in [2.75, 3.05) is 45.8 Å². The van der Waals surface area contributed by atoms with E-state index >= 15 is 0 Å². The quantitative estimate of drug-likeness (QED) is 0.0153. The number of unbranched alkanes of at least 4 members (excludes halogenated alkanes) is 3. The third-order valence-electron chi connectivity index (χ3n) is 18.9. The van der Waals surface area contributed by atoms with Crippen LogP contribution in [-0.2, 0) is 76.7 Å². The Bertz CT molecular complexity index is 3090. The molecule has 14 amide bonds. The van der Waals surface area contributed by atoms with Gasteiger partial charge in [-0.1, -0.05) is 34.1 Å². The van der Waals surface area contributed by atoms with Gasteiger partial charge in [0.2, 0.25) is 82.7 Å². The van der Waals surface area contributed by atoms with Crippen molar-refractivity contribution in [3.63, 3.8) is 0 Å². The van der Waals surface area contributed by atoms with Gasteiger partial charge in [-0.2, -0.15) is 0 Å². The van der Waals surface area contributed by atoms with Gasteiger partial charge in [-0.05, 0) is 168 Å². The minimum absolute atomic E-state index is 0.00693. The second-order valence-corrected chi connectivity index (χ2v) is 28.2. The van der Waals surface area contributed by atoms with Crippen LogP contribution >= 0.6 is 0 Å². The molecule has 0 aromatic carbocycles. The van der Waals surface area contributed by atoms with E-state index < -0.39 is 204 Å². The summed E-state index contributed by atoms with van der Waals surface area (Å²) >= 11 is 0. The van der Waals surface area contributed by atoms with Gasteiger partial charge in [0.15, 0.2) is 5.96 Å². The molecule has 3 rings (SSSR count). The summed E-state index contributed by atoms with van der Waals surface area (Å²) in [6.07, 6.45) is 2.69. The molecule has 39 nitrogen and oxygen atoms in total. The van der Waals surface area contributed by atoms with E-state index in [0.29, 0.717) is 64.3 Å². The van der Waals surface area contributed by atoms with Crippen LogP contribution in [0.5, 0.6) is 0 Å². The van der Waals surface area contributed by atoms with Crippen molar-refractivity contribution in [1.82, 2.24) is 73.2 Å². The molecule has 3 saturated heterocycles. The number of guanidine groups is 1. The van der Waals surface area contributed by atoms with Gasteiger partial charge in [0, 0.05) is 39.0 Å². The molecule has 0 saturated carbocycles. The largest absolute Gasteiger partial charge is 0.481 e. The molecular formula is C68H119N21O18. The van der Waals surface area contributed by atoms with Crippen molar-refractivity contribution < 1.29 is 86.9 Å². The Morgan fingerprint density at radius 2 is 0.776 bits per heavy atom. The van der Waals surface area contributed by atoms with E-state index in [2.05, 4.69) is 58.5 Å². The zero-order valence-corrected chi connectivity index (χ0v) is 62.8. The van der Waals surface area contributed by atoms with E-state index in [1.54, 1.807) is 27.7 Å². The maximum atomic E-state index is 14.7. The summed E-state index contributed by atoms with van der Waals surface area (Å²) in [5.74, 6) is -15.1. The molecule has 0 aromatic heterocycles. The number of amides is 14. The van der Waals surface area contributed by atoms with Gasteiger partial charge in [0.05, 0.1) is 6.04 Å². The summed E-state index contributed by atoms with van der Waals surface area (Å²) in [6, 6.07) is -17.9. The molecule has 3 aliphatic heterocycles. The topological polar surface area (TPSA) is 636 Å². The SMILES string of the molecule is CC(C)[C@H](NC(=O)[C@H](CCCCN)NC(=O)[C@H](CCCNC(=N)N)NC(=O)[C@@H]1CCCN1C(=O)[C@H](CCCCN)NC(=O)[C@H](C)NC(=O)[C@H](CCC(N)=O)NC(=O)[C@@H]1CCCN1C(=O)[C@@H](NC(=O)[C@@H]1CCCN1C(=O)[C@H](CCC(=O)O)NC(=O)[C@@H](N)CCCCN)C(C)C)C(=O)N[C@@H](C)C(=O)N[C@@H](C)C(=O)O. The molecular weight excluding hydrogens is 1400 g/mol. The number of likely N-dealkylation sites (tertiary alicyclic amines) is 3. The zero-order chi connectivity index (χ0) is 80.4. The van der Waals surface area contributed by atoms with E-state index in [1.807, 2.05) is 0 Å². The Morgan fingerprint density at radius 1 is 0.402 bits per heavy atom. The van der Waals surface area contributed by atoms with Gasteiger partial charge >= 0.3 is 11.9 Å². The summed E-state index contributed by atoms with van der Waals surface area (Å²) in [7, 11) is 0. The Hall–Kier alpha value is -9.37. The highest BCUT2D eigenvalue weighted by Crippen LogP contribution is 2.25. The number of carbonyl (C=O) groups excluding carboxylic acids is 14. The van der Waals surface area contributed by atoms with Gasteiger partial charge in [-0.25, -0.2) is 0 Å². The molecule has 0 bridgehead atoms. The summed E-state index contributed by atoms with van der Waals surface area (Å²) in [6.45, 7) is 11.5. The summed E-state index contributed by atoms with van der Waals surface area (Å²) in [4.78, 5) is 222. The second kappa shape index (κ2) is 46.7. The number of carbonyl (C=O) groups is 16. The Kier molecular flexibility index (Phi) is 40.0. The number of aliphatic carboxylic acids is 2. The van der Waals surface area contributed by atoms with Gasteiger partial charge in [-0.3, -0.25) is 82.1 Å². The smallest absolute Gasteiger partial charge is 0.325 e. The first kappa shape index (κ1) is 91.8. The number of nitrogens with two attached hydrogens (primary N) is 6. The van der Waals surface area contributed by atoms with E-state index in [4.69, 9.17) is 39.8 Å². The lowest BCUT2D eigenvalue weighted by molar-refractivity contribution is -0.145. The van der Waals surface area contributed by atoms with Crippen LogP contribution in [0.3, 0.4) is 0 Å². The number of hydrogen-bond acceptors (Lipinski definition) is 21. The normalized spacial score (nSPS) is 18.6. The van der Waals surface area contributed by atoms with Crippen molar-refractivity contribution >= 4 is 101 Å². The first-order valence-electron chi connectivity index (χ1n) is 37.1. The van der Waals surface area contributed by atoms with Crippen LogP contribution < -0.4 is 92.9 Å². The lowest BCUT2D eigenvalue weighted by atomic mass is 10.0. The van der Waals surface area contributed by atoms with E-state index in [9.17, 15) is 86.9 Å². The Morgan fingerprint density at radius 3 is 1.24 bits per heavy atom. The van der Waals surface area contributed by atoms with Crippen molar-refractivity contribution in [3.8, 4) is 0 Å². The summed E-state index contributed by atoms with van der Waals surface area (Å²) in [5, 5.41) is 54.9.